The quantitative estimate of drug-likeness (QED) is 0.696. The number of benzene rings is 2. The number of rotatable bonds is 4. The number of nitrogens with zero attached hydrogens (tertiary/aromatic N) is 2. The van der Waals surface area contributed by atoms with E-state index >= 15 is 0 Å². The van der Waals surface area contributed by atoms with E-state index < -0.39 is 0 Å². The zero-order valence-corrected chi connectivity index (χ0v) is 16.3. The molecular formula is C22H24N2O4. The molecule has 0 N–H and O–H groups in total. The summed E-state index contributed by atoms with van der Waals surface area (Å²) < 4.78 is 18.8. The minimum absolute atomic E-state index is 0.0213. The van der Waals surface area contributed by atoms with Gasteiger partial charge in [-0.25, -0.2) is 0 Å². The van der Waals surface area contributed by atoms with E-state index in [1.54, 1.807) is 14.2 Å². The molecule has 0 unspecified atom stereocenters. The van der Waals surface area contributed by atoms with Crippen LogP contribution < -0.4 is 9.47 Å². The van der Waals surface area contributed by atoms with Crippen molar-refractivity contribution in [3.63, 3.8) is 0 Å². The van der Waals surface area contributed by atoms with Crippen LogP contribution in [0.3, 0.4) is 0 Å². The molecule has 0 aliphatic carbocycles. The number of carbonyl (C=O) groups excluding carboxylic acids is 1. The van der Waals surface area contributed by atoms with E-state index in [0.717, 1.165) is 22.2 Å². The lowest BCUT2D eigenvalue weighted by Gasteiger charge is -2.33. The van der Waals surface area contributed by atoms with Crippen molar-refractivity contribution in [2.24, 2.45) is 7.05 Å². The number of fused-ring (bicyclic) bond motifs is 1. The Labute approximate surface area is 164 Å². The Bertz CT molecular complexity index is 997. The zero-order valence-electron chi connectivity index (χ0n) is 16.3. The van der Waals surface area contributed by atoms with Gasteiger partial charge in [0.25, 0.3) is 5.91 Å². The van der Waals surface area contributed by atoms with E-state index in [0.29, 0.717) is 31.1 Å². The number of amides is 1. The molecule has 4 rings (SSSR count). The lowest BCUT2D eigenvalue weighted by Crippen LogP contribution is -2.42. The summed E-state index contributed by atoms with van der Waals surface area (Å²) in [6.07, 6.45) is -0.113. The Balaban J connectivity index is 1.68. The van der Waals surface area contributed by atoms with E-state index in [1.165, 1.54) is 0 Å². The summed E-state index contributed by atoms with van der Waals surface area (Å²) in [5.74, 6) is 1.41. The number of hydrogen-bond acceptors (Lipinski definition) is 4. The van der Waals surface area contributed by atoms with Gasteiger partial charge in [0.15, 0.2) is 0 Å². The van der Waals surface area contributed by atoms with Crippen molar-refractivity contribution >= 4 is 16.8 Å². The van der Waals surface area contributed by atoms with E-state index in [9.17, 15) is 4.79 Å². The molecule has 0 bridgehead atoms. The average Bonchev–Trinajstić information content (AvgIpc) is 3.11. The molecule has 1 amide bonds. The van der Waals surface area contributed by atoms with Crippen LogP contribution in [0.1, 0.15) is 22.2 Å². The number of ether oxygens (including phenoxy) is 3. The van der Waals surface area contributed by atoms with Crippen LogP contribution in [-0.4, -0.2) is 49.3 Å². The standard InChI is InChI=1S/C22H24N2O4/c1-23-17(13-16-18(26-2)9-10-19(27-3)21(16)23)22(25)24-11-12-28-20(14-24)15-7-5-4-6-8-15/h4-10,13,20H,11-12,14H2,1-3H3/t20-/m0/s1. The summed E-state index contributed by atoms with van der Waals surface area (Å²) in [5, 5.41) is 0.862. The Morgan fingerprint density at radius 1 is 1.07 bits per heavy atom. The van der Waals surface area contributed by atoms with Crippen molar-refractivity contribution in [1.82, 2.24) is 9.47 Å². The van der Waals surface area contributed by atoms with Gasteiger partial charge in [-0.1, -0.05) is 30.3 Å². The molecule has 146 valence electrons. The first kappa shape index (κ1) is 18.4. The van der Waals surface area contributed by atoms with Crippen LogP contribution >= 0.6 is 0 Å². The minimum atomic E-state index is -0.113. The molecule has 0 spiro atoms. The van der Waals surface area contributed by atoms with Crippen LogP contribution in [0.15, 0.2) is 48.5 Å². The molecule has 28 heavy (non-hydrogen) atoms. The molecule has 0 radical (unpaired) electrons. The van der Waals surface area contributed by atoms with Gasteiger partial charge in [-0.2, -0.15) is 0 Å². The van der Waals surface area contributed by atoms with Crippen molar-refractivity contribution in [3.8, 4) is 11.5 Å². The van der Waals surface area contributed by atoms with Gasteiger partial charge in [0.1, 0.15) is 23.3 Å². The molecule has 2 heterocycles. The summed E-state index contributed by atoms with van der Waals surface area (Å²) in [7, 11) is 5.14. The maximum absolute atomic E-state index is 13.3. The van der Waals surface area contributed by atoms with Crippen LogP contribution in [0, 0.1) is 0 Å². The predicted octanol–water partition coefficient (Wildman–Crippen LogP) is 3.41. The number of aromatic nitrogens is 1. The molecular weight excluding hydrogens is 356 g/mol. The highest BCUT2D eigenvalue weighted by atomic mass is 16.5. The number of carbonyl (C=O) groups is 1. The third kappa shape index (κ3) is 3.10. The molecule has 1 aromatic heterocycles. The Morgan fingerprint density at radius 2 is 1.79 bits per heavy atom. The number of morpholine rings is 1. The maximum atomic E-state index is 13.3. The van der Waals surface area contributed by atoms with E-state index in [2.05, 4.69) is 0 Å². The average molecular weight is 380 g/mol. The smallest absolute Gasteiger partial charge is 0.270 e. The van der Waals surface area contributed by atoms with Crippen LogP contribution in [0.2, 0.25) is 0 Å². The van der Waals surface area contributed by atoms with Crippen molar-refractivity contribution in [3.05, 3.63) is 59.8 Å². The van der Waals surface area contributed by atoms with Gasteiger partial charge in [-0.3, -0.25) is 4.79 Å². The van der Waals surface area contributed by atoms with E-state index in [-0.39, 0.29) is 12.0 Å². The third-order valence-corrected chi connectivity index (χ3v) is 5.30. The zero-order chi connectivity index (χ0) is 19.7. The van der Waals surface area contributed by atoms with Crippen LogP contribution in [0.5, 0.6) is 11.5 Å². The monoisotopic (exact) mass is 380 g/mol. The Hall–Kier alpha value is -2.99. The third-order valence-electron chi connectivity index (χ3n) is 5.30. The summed E-state index contributed by atoms with van der Waals surface area (Å²) in [6.45, 7) is 1.61. The van der Waals surface area contributed by atoms with Crippen molar-refractivity contribution < 1.29 is 19.0 Å². The van der Waals surface area contributed by atoms with Crippen molar-refractivity contribution in [2.75, 3.05) is 33.9 Å². The van der Waals surface area contributed by atoms with Gasteiger partial charge in [-0.15, -0.1) is 0 Å². The van der Waals surface area contributed by atoms with E-state index in [1.807, 2.05) is 65.0 Å². The SMILES string of the molecule is COc1ccc(OC)c2c1cc(C(=O)N1CCO[C@H](c3ccccc3)C1)n2C. The second kappa shape index (κ2) is 7.56. The second-order valence-electron chi connectivity index (χ2n) is 6.84. The Morgan fingerprint density at radius 3 is 2.50 bits per heavy atom. The van der Waals surface area contributed by atoms with Gasteiger partial charge in [0.05, 0.1) is 32.9 Å². The lowest BCUT2D eigenvalue weighted by molar-refractivity contribution is -0.0231. The lowest BCUT2D eigenvalue weighted by atomic mass is 10.1. The van der Waals surface area contributed by atoms with Gasteiger partial charge < -0.3 is 23.7 Å². The first-order chi connectivity index (χ1) is 13.6. The van der Waals surface area contributed by atoms with Crippen LogP contribution in [0.25, 0.3) is 10.9 Å². The molecule has 3 aromatic rings. The fourth-order valence-corrected chi connectivity index (χ4v) is 3.82. The largest absolute Gasteiger partial charge is 0.496 e. The molecule has 1 fully saturated rings. The summed E-state index contributed by atoms with van der Waals surface area (Å²) in [5.41, 5.74) is 2.53. The number of hydrogen-bond donors (Lipinski definition) is 0. The first-order valence-corrected chi connectivity index (χ1v) is 9.30. The van der Waals surface area contributed by atoms with Gasteiger partial charge in [0.2, 0.25) is 0 Å². The second-order valence-corrected chi connectivity index (χ2v) is 6.84. The molecule has 6 heteroatoms. The van der Waals surface area contributed by atoms with Crippen molar-refractivity contribution in [1.29, 1.82) is 0 Å². The first-order valence-electron chi connectivity index (χ1n) is 9.30. The summed E-state index contributed by atoms with van der Waals surface area (Å²) >= 11 is 0. The van der Waals surface area contributed by atoms with Gasteiger partial charge in [-0.05, 0) is 23.8 Å². The molecule has 6 nitrogen and oxygen atoms in total. The van der Waals surface area contributed by atoms with Gasteiger partial charge in [0, 0.05) is 19.0 Å². The maximum Gasteiger partial charge on any atom is 0.270 e. The molecule has 1 atom stereocenters. The number of methoxy groups -OCH3 is 2. The predicted molar refractivity (Wildman–Crippen MR) is 107 cm³/mol. The van der Waals surface area contributed by atoms with E-state index in [4.69, 9.17) is 14.2 Å². The van der Waals surface area contributed by atoms with Crippen LogP contribution in [-0.2, 0) is 11.8 Å². The molecule has 1 aliphatic heterocycles. The Kier molecular flexibility index (Phi) is 4.96. The molecule has 1 saturated heterocycles. The number of aryl methyl sites for hydroxylation is 1. The molecule has 1 aliphatic rings. The van der Waals surface area contributed by atoms with Crippen molar-refractivity contribution in [2.45, 2.75) is 6.10 Å². The summed E-state index contributed by atoms with van der Waals surface area (Å²) in [6, 6.07) is 15.6. The highest BCUT2D eigenvalue weighted by molar-refractivity contribution is 6.02. The van der Waals surface area contributed by atoms with Gasteiger partial charge >= 0.3 is 0 Å². The highest BCUT2D eigenvalue weighted by Gasteiger charge is 2.28. The summed E-state index contributed by atoms with van der Waals surface area (Å²) in [4.78, 5) is 15.2. The normalized spacial score (nSPS) is 17.0. The topological polar surface area (TPSA) is 52.9 Å². The van der Waals surface area contributed by atoms with Crippen LogP contribution in [0.4, 0.5) is 0 Å². The minimum Gasteiger partial charge on any atom is -0.496 e. The molecule has 0 saturated carbocycles. The molecule has 2 aromatic carbocycles. The fourth-order valence-electron chi connectivity index (χ4n) is 3.82. The fraction of sp³-hybridized carbons (Fsp3) is 0.318. The highest BCUT2D eigenvalue weighted by Crippen LogP contribution is 2.35.